The molecule has 0 fully saturated rings. The topological polar surface area (TPSA) is 54.5 Å². The van der Waals surface area contributed by atoms with Crippen molar-refractivity contribution in [3.05, 3.63) is 71.3 Å². The third kappa shape index (κ3) is 3.41. The van der Waals surface area contributed by atoms with Crippen molar-refractivity contribution >= 4 is 26.0 Å². The first kappa shape index (κ1) is 14.6. The molecule has 0 unspecified atom stereocenters. The van der Waals surface area contributed by atoms with Gasteiger partial charge in [-0.15, -0.1) is 0 Å². The highest BCUT2D eigenvalue weighted by molar-refractivity contribution is 14.2. The zero-order valence-corrected chi connectivity index (χ0v) is 13.1. The molecule has 20 heavy (non-hydrogen) atoms. The third-order valence-electron chi connectivity index (χ3n) is 2.93. The Bertz CT molecular complexity index is 673. The molecule has 2 rings (SSSR count). The molecule has 0 radical (unpaired) electrons. The summed E-state index contributed by atoms with van der Waals surface area (Å²) in [5, 5.41) is 0. The smallest absolute Gasteiger partial charge is 0.268 e. The summed E-state index contributed by atoms with van der Waals surface area (Å²) in [6.07, 6.45) is 0. The Morgan fingerprint density at radius 3 is 2.20 bits per heavy atom. The number of rotatable bonds is 4. The molecule has 0 saturated carbocycles. The first-order valence-electron chi connectivity index (χ1n) is 6.06. The molecule has 0 saturated heterocycles. The Kier molecular flexibility index (Phi) is 4.84. The van der Waals surface area contributed by atoms with Crippen molar-refractivity contribution in [1.29, 1.82) is 0 Å². The number of nitrogens with zero attached hydrogens (tertiary/aromatic N) is 1. The molecule has 0 N–H and O–H groups in total. The summed E-state index contributed by atoms with van der Waals surface area (Å²) in [6.45, 7) is 1.88. The highest BCUT2D eigenvalue weighted by Gasteiger charge is 2.21. The van der Waals surface area contributed by atoms with Crippen LogP contribution in [0.25, 0.3) is 0 Å². The standard InChI is InChI=1S/C15H14INO3/c1-12-7-5-6-10-14(12)15(18)17(16(19)20)11-13-8-3-2-4-9-13/h2-10H,11H2,1H3. The van der Waals surface area contributed by atoms with Gasteiger partial charge in [0, 0.05) is 5.56 Å². The molecule has 5 heteroatoms. The molecule has 0 aliphatic rings. The second kappa shape index (κ2) is 6.60. The summed E-state index contributed by atoms with van der Waals surface area (Å²) in [7, 11) is 0. The van der Waals surface area contributed by atoms with Crippen molar-refractivity contribution in [3.8, 4) is 0 Å². The van der Waals surface area contributed by atoms with Crippen LogP contribution in [0.3, 0.4) is 0 Å². The van der Waals surface area contributed by atoms with E-state index in [1.165, 1.54) is 0 Å². The number of benzene rings is 2. The molecule has 0 aliphatic carbocycles. The Morgan fingerprint density at radius 2 is 1.60 bits per heavy atom. The highest BCUT2D eigenvalue weighted by Crippen LogP contribution is 2.23. The molecule has 104 valence electrons. The van der Waals surface area contributed by atoms with Crippen molar-refractivity contribution in [2.75, 3.05) is 0 Å². The molecule has 1 amide bonds. The maximum Gasteiger partial charge on any atom is 0.423 e. The Balaban J connectivity index is 2.30. The lowest BCUT2D eigenvalue weighted by atomic mass is 10.1. The molecule has 0 atom stereocenters. The largest absolute Gasteiger partial charge is 0.423 e. The summed E-state index contributed by atoms with van der Waals surface area (Å²) >= 11 is -3.90. The number of amides is 1. The van der Waals surface area contributed by atoms with Crippen LogP contribution in [-0.2, 0) is 12.7 Å². The number of carbonyl (C=O) groups excluding carboxylic acids is 1. The number of halogens is 1. The molecular formula is C15H14INO3. The Hall–Kier alpha value is -1.76. The van der Waals surface area contributed by atoms with E-state index in [9.17, 15) is 10.9 Å². The van der Waals surface area contributed by atoms with Crippen LogP contribution in [0.1, 0.15) is 21.5 Å². The van der Waals surface area contributed by atoms with Crippen LogP contribution in [0.15, 0.2) is 54.6 Å². The van der Waals surface area contributed by atoms with E-state index in [1.54, 1.807) is 37.3 Å². The minimum atomic E-state index is -3.90. The number of carbonyl (C=O) groups is 1. The van der Waals surface area contributed by atoms with Gasteiger partial charge in [-0.2, -0.15) is 0 Å². The van der Waals surface area contributed by atoms with Gasteiger partial charge >= 0.3 is 20.1 Å². The van der Waals surface area contributed by atoms with Crippen molar-refractivity contribution in [3.63, 3.8) is 0 Å². The van der Waals surface area contributed by atoms with Crippen LogP contribution < -0.4 is 0 Å². The van der Waals surface area contributed by atoms with Crippen LogP contribution in [0, 0.1) is 6.92 Å². The zero-order valence-electron chi connectivity index (χ0n) is 11.0. The summed E-state index contributed by atoms with van der Waals surface area (Å²) in [4.78, 5) is 12.4. The van der Waals surface area contributed by atoms with Gasteiger partial charge in [0.05, 0.1) is 6.54 Å². The number of aryl methyl sites for hydroxylation is 1. The molecule has 0 heterocycles. The van der Waals surface area contributed by atoms with Crippen molar-refractivity contribution in [2.24, 2.45) is 0 Å². The van der Waals surface area contributed by atoms with Crippen LogP contribution in [0.5, 0.6) is 0 Å². The van der Waals surface area contributed by atoms with Crippen LogP contribution in [0.2, 0.25) is 0 Å². The van der Waals surface area contributed by atoms with Crippen LogP contribution in [0.4, 0.5) is 0 Å². The fourth-order valence-electron chi connectivity index (χ4n) is 1.87. The molecule has 0 aromatic heterocycles. The van der Waals surface area contributed by atoms with Gasteiger partial charge in [-0.3, -0.25) is 4.79 Å². The Labute approximate surface area is 124 Å². The first-order chi connectivity index (χ1) is 9.59. The molecule has 2 aromatic carbocycles. The van der Waals surface area contributed by atoms with Gasteiger partial charge in [-0.1, -0.05) is 48.5 Å². The van der Waals surface area contributed by atoms with E-state index in [-0.39, 0.29) is 6.54 Å². The van der Waals surface area contributed by atoms with E-state index < -0.39 is 26.0 Å². The van der Waals surface area contributed by atoms with E-state index in [2.05, 4.69) is 0 Å². The van der Waals surface area contributed by atoms with Crippen molar-refractivity contribution in [2.45, 2.75) is 13.5 Å². The second-order valence-electron chi connectivity index (χ2n) is 4.33. The third-order valence-corrected chi connectivity index (χ3v) is 4.66. The van der Waals surface area contributed by atoms with Crippen molar-refractivity contribution < 1.29 is 10.9 Å². The number of hydrogen-bond donors (Lipinski definition) is 0. The van der Waals surface area contributed by atoms with Gasteiger partial charge in [0.2, 0.25) is 0 Å². The Morgan fingerprint density at radius 1 is 1.00 bits per heavy atom. The van der Waals surface area contributed by atoms with E-state index >= 15 is 0 Å². The number of hydrogen-bond acceptors (Lipinski definition) is 3. The van der Waals surface area contributed by atoms with Gasteiger partial charge in [0.25, 0.3) is 5.91 Å². The minimum absolute atomic E-state index is 0.0891. The van der Waals surface area contributed by atoms with Crippen LogP contribution in [-0.4, -0.2) is 9.02 Å². The lowest BCUT2D eigenvalue weighted by Gasteiger charge is -2.15. The summed E-state index contributed by atoms with van der Waals surface area (Å²) in [6, 6.07) is 16.1. The highest BCUT2D eigenvalue weighted by atomic mass is 127. The van der Waals surface area contributed by atoms with Gasteiger partial charge in [0.15, 0.2) is 0 Å². The fraction of sp³-hybridized carbons (Fsp3) is 0.133. The van der Waals surface area contributed by atoms with Gasteiger partial charge < -0.3 is 0 Å². The summed E-state index contributed by atoms with van der Waals surface area (Å²) in [5.41, 5.74) is 1.99. The summed E-state index contributed by atoms with van der Waals surface area (Å²) in [5.74, 6) is -0.456. The van der Waals surface area contributed by atoms with Gasteiger partial charge in [0.1, 0.15) is 0 Å². The predicted octanol–water partition coefficient (Wildman–Crippen LogP) is 3.75. The van der Waals surface area contributed by atoms with Crippen molar-refractivity contribution in [1.82, 2.24) is 3.11 Å². The zero-order chi connectivity index (χ0) is 14.5. The van der Waals surface area contributed by atoms with Gasteiger partial charge in [-0.25, -0.2) is 9.25 Å². The predicted molar refractivity (Wildman–Crippen MR) is 82.9 cm³/mol. The monoisotopic (exact) mass is 383 g/mol. The average molecular weight is 383 g/mol. The van der Waals surface area contributed by atoms with Crippen LogP contribution >= 0.6 is 20.1 Å². The lowest BCUT2D eigenvalue weighted by molar-refractivity contribution is 0.0881. The maximum absolute atomic E-state index is 12.4. The molecular weight excluding hydrogens is 369 g/mol. The molecule has 0 bridgehead atoms. The van der Waals surface area contributed by atoms with E-state index in [1.807, 2.05) is 24.3 Å². The summed E-state index contributed by atoms with van der Waals surface area (Å²) < 4.78 is 23.9. The average Bonchev–Trinajstić information content (AvgIpc) is 2.45. The maximum atomic E-state index is 12.4. The minimum Gasteiger partial charge on any atom is -0.268 e. The fourth-order valence-corrected chi connectivity index (χ4v) is 3.16. The SMILES string of the molecule is Cc1ccccc1C(=O)N(Cc1ccccc1)I(=O)=O. The first-order valence-corrected chi connectivity index (χ1v) is 8.79. The van der Waals surface area contributed by atoms with Gasteiger partial charge in [-0.05, 0) is 24.1 Å². The van der Waals surface area contributed by atoms with E-state index in [0.717, 1.165) is 14.2 Å². The van der Waals surface area contributed by atoms with E-state index in [0.29, 0.717) is 5.56 Å². The molecule has 0 aliphatic heterocycles. The molecule has 0 spiro atoms. The normalized spacial score (nSPS) is 10.5. The quantitative estimate of drug-likeness (QED) is 0.597. The second-order valence-corrected chi connectivity index (χ2v) is 6.64. The molecule has 4 nitrogen and oxygen atoms in total. The molecule has 2 aromatic rings. The lowest BCUT2D eigenvalue weighted by Crippen LogP contribution is -2.23. The van der Waals surface area contributed by atoms with E-state index in [4.69, 9.17) is 0 Å².